The summed E-state index contributed by atoms with van der Waals surface area (Å²) in [4.78, 5) is 11.6. The van der Waals surface area contributed by atoms with Gasteiger partial charge in [0.15, 0.2) is 0 Å². The predicted octanol–water partition coefficient (Wildman–Crippen LogP) is 5.55. The van der Waals surface area contributed by atoms with Crippen LogP contribution in [0.3, 0.4) is 0 Å². The fourth-order valence-corrected chi connectivity index (χ4v) is 3.10. The van der Waals surface area contributed by atoms with Gasteiger partial charge in [-0.05, 0) is 6.42 Å². The summed E-state index contributed by atoms with van der Waals surface area (Å²) in [5.41, 5.74) is 2.71. The molecule has 0 aliphatic rings. The number of carbonyl (C=O) groups is 1. The van der Waals surface area contributed by atoms with Crippen molar-refractivity contribution < 1.29 is 9.90 Å². The number of unbranched alkanes of at least 4 members (excludes halogenated alkanes) is 14. The monoisotopic (exact) mass is 356 g/mol. The molecule has 0 bridgehead atoms. The highest BCUT2D eigenvalue weighted by Crippen LogP contribution is 2.13. The molecule has 1 amide bonds. The van der Waals surface area contributed by atoms with Crippen molar-refractivity contribution in [3.05, 3.63) is 0 Å². The number of rotatable bonds is 19. The Morgan fingerprint density at radius 2 is 1.12 bits per heavy atom. The molecule has 0 aliphatic heterocycles. The number of aliphatic hydroxyl groups is 1. The van der Waals surface area contributed by atoms with E-state index in [0.29, 0.717) is 13.0 Å². The van der Waals surface area contributed by atoms with Crippen molar-refractivity contribution in [2.24, 2.45) is 0 Å². The van der Waals surface area contributed by atoms with Crippen LogP contribution in [0.1, 0.15) is 117 Å². The summed E-state index contributed by atoms with van der Waals surface area (Å²) in [5, 5.41) is 10.5. The molecule has 0 radical (unpaired) electrons. The number of hydrazine groups is 1. The first-order valence-electron chi connectivity index (χ1n) is 10.9. The SMILES string of the molecule is CCCCCCCCCCCCCCCCCC(=O)NN(CC)CO. The third-order valence-corrected chi connectivity index (χ3v) is 4.84. The number of hydrogen-bond donors (Lipinski definition) is 2. The van der Waals surface area contributed by atoms with Crippen molar-refractivity contribution in [2.45, 2.75) is 117 Å². The first-order valence-corrected chi connectivity index (χ1v) is 10.9. The van der Waals surface area contributed by atoms with E-state index < -0.39 is 0 Å². The molecule has 0 saturated carbocycles. The van der Waals surface area contributed by atoms with E-state index in [-0.39, 0.29) is 12.6 Å². The molecule has 0 aromatic rings. The van der Waals surface area contributed by atoms with Crippen molar-refractivity contribution in [3.63, 3.8) is 0 Å². The van der Waals surface area contributed by atoms with Crippen LogP contribution in [-0.2, 0) is 4.79 Å². The number of hydrogen-bond acceptors (Lipinski definition) is 3. The minimum Gasteiger partial charge on any atom is -0.379 e. The van der Waals surface area contributed by atoms with E-state index in [1.807, 2.05) is 6.92 Å². The normalized spacial score (nSPS) is 11.2. The summed E-state index contributed by atoms with van der Waals surface area (Å²) in [6.07, 6.45) is 20.6. The Bertz CT molecular complexity index is 281. The minimum absolute atomic E-state index is 0.0191. The number of nitrogens with zero attached hydrogens (tertiary/aromatic N) is 1. The first kappa shape index (κ1) is 24.4. The van der Waals surface area contributed by atoms with E-state index in [9.17, 15) is 4.79 Å². The lowest BCUT2D eigenvalue weighted by Gasteiger charge is -2.18. The van der Waals surface area contributed by atoms with Gasteiger partial charge in [0, 0.05) is 13.0 Å². The zero-order chi connectivity index (χ0) is 18.6. The molecule has 0 heterocycles. The maximum Gasteiger partial charge on any atom is 0.234 e. The van der Waals surface area contributed by atoms with E-state index in [1.54, 1.807) is 0 Å². The predicted molar refractivity (Wildman–Crippen MR) is 107 cm³/mol. The van der Waals surface area contributed by atoms with Crippen molar-refractivity contribution in [3.8, 4) is 0 Å². The molecule has 0 fully saturated rings. The van der Waals surface area contributed by atoms with Crippen molar-refractivity contribution in [1.82, 2.24) is 10.4 Å². The number of carbonyl (C=O) groups excluding carboxylic acids is 1. The molecule has 0 aliphatic carbocycles. The van der Waals surface area contributed by atoms with Gasteiger partial charge in [-0.25, -0.2) is 0 Å². The lowest BCUT2D eigenvalue weighted by atomic mass is 10.0. The van der Waals surface area contributed by atoms with Crippen molar-refractivity contribution in [1.29, 1.82) is 0 Å². The van der Waals surface area contributed by atoms with Crippen LogP contribution in [0.15, 0.2) is 0 Å². The molecule has 0 aromatic heterocycles. The van der Waals surface area contributed by atoms with E-state index in [4.69, 9.17) is 5.11 Å². The van der Waals surface area contributed by atoms with Gasteiger partial charge in [-0.1, -0.05) is 104 Å². The fraction of sp³-hybridized carbons (Fsp3) is 0.952. The second kappa shape index (κ2) is 19.7. The second-order valence-corrected chi connectivity index (χ2v) is 7.23. The van der Waals surface area contributed by atoms with Gasteiger partial charge in [-0.2, -0.15) is 5.01 Å². The number of aliphatic hydroxyl groups excluding tert-OH is 1. The van der Waals surface area contributed by atoms with E-state index >= 15 is 0 Å². The van der Waals surface area contributed by atoms with Crippen molar-refractivity contribution >= 4 is 5.91 Å². The lowest BCUT2D eigenvalue weighted by Crippen LogP contribution is -2.42. The third-order valence-electron chi connectivity index (χ3n) is 4.84. The molecule has 0 saturated heterocycles. The van der Waals surface area contributed by atoms with Crippen LogP contribution < -0.4 is 5.43 Å². The summed E-state index contributed by atoms with van der Waals surface area (Å²) in [6.45, 7) is 4.68. The summed E-state index contributed by atoms with van der Waals surface area (Å²) in [5.74, 6) is 0.0191. The van der Waals surface area contributed by atoms with E-state index in [0.717, 1.165) is 12.8 Å². The Hall–Kier alpha value is -0.610. The van der Waals surface area contributed by atoms with E-state index in [2.05, 4.69) is 12.3 Å². The highest BCUT2D eigenvalue weighted by molar-refractivity contribution is 5.75. The maximum atomic E-state index is 11.6. The largest absolute Gasteiger partial charge is 0.379 e. The van der Waals surface area contributed by atoms with Crippen LogP contribution in [0.4, 0.5) is 0 Å². The van der Waals surface area contributed by atoms with Crippen LogP contribution in [0.5, 0.6) is 0 Å². The molecule has 0 unspecified atom stereocenters. The molecule has 0 spiro atoms. The average molecular weight is 357 g/mol. The summed E-state index contributed by atoms with van der Waals surface area (Å²) in [7, 11) is 0. The van der Waals surface area contributed by atoms with Gasteiger partial charge in [0.2, 0.25) is 5.91 Å². The summed E-state index contributed by atoms with van der Waals surface area (Å²) in [6, 6.07) is 0. The standard InChI is InChI=1S/C21H44N2O2/c1-3-5-6-7-8-9-10-11-12-13-14-15-16-17-18-19-21(25)22-23(4-2)20-24/h24H,3-20H2,1-2H3,(H,22,25). The van der Waals surface area contributed by atoms with Gasteiger partial charge in [0.1, 0.15) is 6.73 Å². The minimum atomic E-state index is -0.124. The maximum absolute atomic E-state index is 11.6. The summed E-state index contributed by atoms with van der Waals surface area (Å²) >= 11 is 0. The Labute approximate surface area is 156 Å². The zero-order valence-electron chi connectivity index (χ0n) is 17.0. The number of nitrogens with one attached hydrogen (secondary N) is 1. The molecular weight excluding hydrogens is 312 g/mol. The van der Waals surface area contributed by atoms with Gasteiger partial charge in [0.25, 0.3) is 0 Å². The zero-order valence-corrected chi connectivity index (χ0v) is 17.0. The Morgan fingerprint density at radius 3 is 1.48 bits per heavy atom. The molecule has 4 nitrogen and oxygen atoms in total. The Balaban J connectivity index is 3.17. The fourth-order valence-electron chi connectivity index (χ4n) is 3.10. The Morgan fingerprint density at radius 1 is 0.720 bits per heavy atom. The molecule has 0 aromatic carbocycles. The molecule has 2 N–H and O–H groups in total. The molecular formula is C21H44N2O2. The Kier molecular flexibility index (Phi) is 19.2. The van der Waals surface area contributed by atoms with Gasteiger partial charge in [-0.3, -0.25) is 10.2 Å². The molecule has 4 heteroatoms. The molecule has 150 valence electrons. The summed E-state index contributed by atoms with van der Waals surface area (Å²) < 4.78 is 0. The highest BCUT2D eigenvalue weighted by Gasteiger charge is 2.05. The first-order chi connectivity index (χ1) is 12.2. The quantitative estimate of drug-likeness (QED) is 0.181. The van der Waals surface area contributed by atoms with Crippen LogP contribution in [0, 0.1) is 0 Å². The highest BCUT2D eigenvalue weighted by atomic mass is 16.3. The smallest absolute Gasteiger partial charge is 0.234 e. The van der Waals surface area contributed by atoms with E-state index in [1.165, 1.54) is 88.5 Å². The lowest BCUT2D eigenvalue weighted by molar-refractivity contribution is -0.127. The van der Waals surface area contributed by atoms with Crippen LogP contribution in [-0.4, -0.2) is 29.3 Å². The molecule has 0 atom stereocenters. The topological polar surface area (TPSA) is 52.6 Å². The molecule has 0 rings (SSSR count). The van der Waals surface area contributed by atoms with Crippen LogP contribution in [0.2, 0.25) is 0 Å². The van der Waals surface area contributed by atoms with Crippen molar-refractivity contribution in [2.75, 3.05) is 13.3 Å². The van der Waals surface area contributed by atoms with Gasteiger partial charge in [-0.15, -0.1) is 0 Å². The average Bonchev–Trinajstić information content (AvgIpc) is 2.62. The van der Waals surface area contributed by atoms with Gasteiger partial charge >= 0.3 is 0 Å². The van der Waals surface area contributed by atoms with Crippen LogP contribution >= 0.6 is 0 Å². The third kappa shape index (κ3) is 18.0. The molecule has 25 heavy (non-hydrogen) atoms. The second-order valence-electron chi connectivity index (χ2n) is 7.23. The van der Waals surface area contributed by atoms with Gasteiger partial charge < -0.3 is 5.11 Å². The number of amides is 1. The van der Waals surface area contributed by atoms with Gasteiger partial charge in [0.05, 0.1) is 0 Å². The van der Waals surface area contributed by atoms with Crippen LogP contribution in [0.25, 0.3) is 0 Å².